The molecular formula is C14H12N2O4. The molecule has 0 bridgehead atoms. The second kappa shape index (κ2) is 5.75. The Hall–Kier alpha value is -3.02. The number of phenolic OH excluding ortho intramolecular Hbond substituents is 1. The molecule has 4 N–H and O–H groups in total. The van der Waals surface area contributed by atoms with Crippen LogP contribution in [0.2, 0.25) is 0 Å². The van der Waals surface area contributed by atoms with Gasteiger partial charge < -0.3 is 20.8 Å². The fourth-order valence-corrected chi connectivity index (χ4v) is 1.58. The number of anilines is 2. The molecule has 2 rings (SSSR count). The molecule has 0 unspecified atom stereocenters. The summed E-state index contributed by atoms with van der Waals surface area (Å²) in [5.74, 6) is -1.46. The average Bonchev–Trinajstić information content (AvgIpc) is 2.42. The number of carboxylic acid groups (broad SMARTS) is 1. The Balaban J connectivity index is 2.06. The summed E-state index contributed by atoms with van der Waals surface area (Å²) >= 11 is 0. The van der Waals surface area contributed by atoms with E-state index in [1.807, 2.05) is 6.07 Å². The van der Waals surface area contributed by atoms with Gasteiger partial charge in [0.15, 0.2) is 0 Å². The van der Waals surface area contributed by atoms with Crippen molar-refractivity contribution in [3.63, 3.8) is 0 Å². The number of carboxylic acids is 1. The number of benzene rings is 2. The lowest BCUT2D eigenvalue weighted by molar-refractivity contribution is 0.0696. The highest BCUT2D eigenvalue weighted by atomic mass is 16.4. The van der Waals surface area contributed by atoms with Gasteiger partial charge >= 0.3 is 12.0 Å². The van der Waals surface area contributed by atoms with Gasteiger partial charge in [0, 0.05) is 5.69 Å². The molecule has 0 heterocycles. The molecule has 0 aliphatic rings. The quantitative estimate of drug-likeness (QED) is 0.645. The van der Waals surface area contributed by atoms with E-state index in [2.05, 4.69) is 10.6 Å². The second-order valence-corrected chi connectivity index (χ2v) is 3.98. The number of rotatable bonds is 3. The lowest BCUT2D eigenvalue weighted by Crippen LogP contribution is -2.19. The topological polar surface area (TPSA) is 98.7 Å². The fourth-order valence-electron chi connectivity index (χ4n) is 1.58. The Labute approximate surface area is 114 Å². The third-order valence-corrected chi connectivity index (χ3v) is 2.52. The summed E-state index contributed by atoms with van der Waals surface area (Å²) < 4.78 is 0. The van der Waals surface area contributed by atoms with Crippen molar-refractivity contribution in [3.05, 3.63) is 54.1 Å². The van der Waals surface area contributed by atoms with Crippen molar-refractivity contribution in [1.29, 1.82) is 0 Å². The third-order valence-electron chi connectivity index (χ3n) is 2.52. The van der Waals surface area contributed by atoms with Gasteiger partial charge in [-0.25, -0.2) is 9.59 Å². The number of carbonyl (C=O) groups is 2. The van der Waals surface area contributed by atoms with Crippen molar-refractivity contribution < 1.29 is 19.8 Å². The van der Waals surface area contributed by atoms with Gasteiger partial charge in [0.1, 0.15) is 5.75 Å². The summed E-state index contributed by atoms with van der Waals surface area (Å²) in [6, 6.07) is 11.9. The zero-order valence-electron chi connectivity index (χ0n) is 10.3. The number of phenols is 1. The van der Waals surface area contributed by atoms with Gasteiger partial charge in [-0.15, -0.1) is 0 Å². The maximum Gasteiger partial charge on any atom is 0.335 e. The molecule has 0 aliphatic carbocycles. The minimum atomic E-state index is -1.15. The number of aromatic hydroxyl groups is 1. The molecule has 6 heteroatoms. The van der Waals surface area contributed by atoms with Gasteiger partial charge in [-0.05, 0) is 30.3 Å². The van der Waals surface area contributed by atoms with Gasteiger partial charge in [-0.1, -0.05) is 18.2 Å². The van der Waals surface area contributed by atoms with Gasteiger partial charge in [0.05, 0.1) is 11.3 Å². The van der Waals surface area contributed by atoms with E-state index in [1.165, 1.54) is 12.1 Å². The number of aromatic carboxylic acids is 1. The van der Waals surface area contributed by atoms with Crippen LogP contribution in [0.4, 0.5) is 16.2 Å². The number of para-hydroxylation sites is 1. The van der Waals surface area contributed by atoms with Crippen LogP contribution < -0.4 is 10.6 Å². The maximum atomic E-state index is 11.7. The highest BCUT2D eigenvalue weighted by Crippen LogP contribution is 2.24. The van der Waals surface area contributed by atoms with Crippen molar-refractivity contribution in [2.45, 2.75) is 0 Å². The second-order valence-electron chi connectivity index (χ2n) is 3.98. The summed E-state index contributed by atoms with van der Waals surface area (Å²) in [5, 5.41) is 23.4. The molecule has 0 aliphatic heterocycles. The zero-order chi connectivity index (χ0) is 14.5. The average molecular weight is 272 g/mol. The van der Waals surface area contributed by atoms with Gasteiger partial charge in [-0.2, -0.15) is 0 Å². The van der Waals surface area contributed by atoms with E-state index < -0.39 is 12.0 Å². The monoisotopic (exact) mass is 272 g/mol. The summed E-state index contributed by atoms with van der Waals surface area (Å²) in [6.07, 6.45) is 0. The molecule has 20 heavy (non-hydrogen) atoms. The first-order valence-corrected chi connectivity index (χ1v) is 5.75. The van der Waals surface area contributed by atoms with Crippen molar-refractivity contribution in [2.24, 2.45) is 0 Å². The predicted molar refractivity (Wildman–Crippen MR) is 74.1 cm³/mol. The molecule has 0 radical (unpaired) electrons. The minimum Gasteiger partial charge on any atom is -0.506 e. The summed E-state index contributed by atoms with van der Waals surface area (Å²) in [7, 11) is 0. The van der Waals surface area contributed by atoms with E-state index in [-0.39, 0.29) is 17.0 Å². The molecule has 2 aromatic rings. The molecule has 2 aromatic carbocycles. The number of hydrogen-bond donors (Lipinski definition) is 4. The van der Waals surface area contributed by atoms with Crippen LogP contribution in [0.1, 0.15) is 10.4 Å². The molecule has 102 valence electrons. The van der Waals surface area contributed by atoms with Crippen LogP contribution in [-0.2, 0) is 0 Å². The molecule has 0 saturated carbocycles. The van der Waals surface area contributed by atoms with E-state index >= 15 is 0 Å². The Kier molecular flexibility index (Phi) is 3.85. The summed E-state index contributed by atoms with van der Waals surface area (Å²) in [4.78, 5) is 22.4. The number of hydrogen-bond acceptors (Lipinski definition) is 3. The van der Waals surface area contributed by atoms with Crippen LogP contribution >= 0.6 is 0 Å². The summed E-state index contributed by atoms with van der Waals surface area (Å²) in [5.41, 5.74) is 0.673. The number of nitrogens with one attached hydrogen (secondary N) is 2. The predicted octanol–water partition coefficient (Wildman–Crippen LogP) is 2.73. The van der Waals surface area contributed by atoms with E-state index in [0.717, 1.165) is 6.07 Å². The largest absolute Gasteiger partial charge is 0.506 e. The van der Waals surface area contributed by atoms with E-state index in [1.54, 1.807) is 24.3 Å². The van der Waals surface area contributed by atoms with Gasteiger partial charge in [0.25, 0.3) is 0 Å². The molecule has 0 saturated heterocycles. The van der Waals surface area contributed by atoms with Gasteiger partial charge in [-0.3, -0.25) is 0 Å². The highest BCUT2D eigenvalue weighted by Gasteiger charge is 2.10. The zero-order valence-corrected chi connectivity index (χ0v) is 10.3. The molecule has 0 atom stereocenters. The molecular weight excluding hydrogens is 260 g/mol. The smallest absolute Gasteiger partial charge is 0.335 e. The SMILES string of the molecule is O=C(Nc1ccccc1)Nc1ccc(C(=O)O)cc1O. The number of urea groups is 1. The van der Waals surface area contributed by atoms with Crippen LogP contribution in [-0.4, -0.2) is 22.2 Å². The Morgan fingerprint density at radius 2 is 1.65 bits per heavy atom. The number of amides is 2. The van der Waals surface area contributed by atoms with Crippen molar-refractivity contribution >= 4 is 23.4 Å². The number of carbonyl (C=O) groups excluding carboxylic acids is 1. The molecule has 0 spiro atoms. The van der Waals surface area contributed by atoms with Crippen LogP contribution in [0.3, 0.4) is 0 Å². The lowest BCUT2D eigenvalue weighted by atomic mass is 10.2. The third kappa shape index (κ3) is 3.26. The first-order chi connectivity index (χ1) is 9.56. The van der Waals surface area contributed by atoms with Crippen molar-refractivity contribution in [1.82, 2.24) is 0 Å². The first kappa shape index (κ1) is 13.4. The van der Waals surface area contributed by atoms with Crippen LogP contribution in [0.5, 0.6) is 5.75 Å². The molecule has 0 aromatic heterocycles. The Morgan fingerprint density at radius 3 is 2.25 bits per heavy atom. The Bertz CT molecular complexity index is 641. The maximum absolute atomic E-state index is 11.7. The standard InChI is InChI=1S/C14H12N2O4/c17-12-8-9(13(18)19)6-7-11(12)16-14(20)15-10-4-2-1-3-5-10/h1-8,17H,(H,18,19)(H2,15,16,20). The van der Waals surface area contributed by atoms with Crippen LogP contribution in [0.25, 0.3) is 0 Å². The lowest BCUT2D eigenvalue weighted by Gasteiger charge is -2.09. The van der Waals surface area contributed by atoms with Gasteiger partial charge in [0.2, 0.25) is 0 Å². The molecule has 6 nitrogen and oxygen atoms in total. The first-order valence-electron chi connectivity index (χ1n) is 5.75. The van der Waals surface area contributed by atoms with E-state index in [4.69, 9.17) is 5.11 Å². The van der Waals surface area contributed by atoms with E-state index in [9.17, 15) is 14.7 Å². The van der Waals surface area contributed by atoms with Crippen molar-refractivity contribution in [2.75, 3.05) is 10.6 Å². The normalized spacial score (nSPS) is 9.80. The highest BCUT2D eigenvalue weighted by molar-refractivity contribution is 6.01. The Morgan fingerprint density at radius 1 is 0.950 bits per heavy atom. The van der Waals surface area contributed by atoms with Crippen molar-refractivity contribution in [3.8, 4) is 5.75 Å². The molecule has 2 amide bonds. The van der Waals surface area contributed by atoms with Crippen LogP contribution in [0, 0.1) is 0 Å². The van der Waals surface area contributed by atoms with E-state index in [0.29, 0.717) is 5.69 Å². The van der Waals surface area contributed by atoms with Crippen LogP contribution in [0.15, 0.2) is 48.5 Å². The summed E-state index contributed by atoms with van der Waals surface area (Å²) in [6.45, 7) is 0. The minimum absolute atomic E-state index is 0.0588. The molecule has 0 fully saturated rings. The fraction of sp³-hybridized carbons (Fsp3) is 0.